The van der Waals surface area contributed by atoms with Crippen molar-refractivity contribution in [2.24, 2.45) is 0 Å². The molecule has 1 N–H and O–H groups in total. The average molecular weight is 417 g/mol. The summed E-state index contributed by atoms with van der Waals surface area (Å²) in [7, 11) is 0. The topological polar surface area (TPSA) is 26.2 Å². The van der Waals surface area contributed by atoms with Crippen LogP contribution < -0.4 is 10.1 Å². The van der Waals surface area contributed by atoms with Crippen LogP contribution in [0.5, 0.6) is 5.75 Å². The van der Waals surface area contributed by atoms with Crippen LogP contribution in [-0.2, 0) is 6.54 Å². The minimum Gasteiger partial charge on any atom is -0.488 e. The molecule has 3 aromatic rings. The van der Waals surface area contributed by atoms with E-state index in [0.717, 1.165) is 29.1 Å². The summed E-state index contributed by atoms with van der Waals surface area (Å²) in [6.07, 6.45) is 2.31. The van der Waals surface area contributed by atoms with Gasteiger partial charge in [0.1, 0.15) is 11.9 Å². The first-order valence-corrected chi connectivity index (χ1v) is 10.4. The molecule has 5 heteroatoms. The monoisotopic (exact) mass is 416 g/mol. The van der Waals surface area contributed by atoms with Gasteiger partial charge >= 0.3 is 0 Å². The van der Waals surface area contributed by atoms with Gasteiger partial charge in [-0.3, -0.25) is 0 Å². The number of nitrogens with zero attached hydrogens (tertiary/aromatic N) is 1. The standard InChI is InChI=1S/C20H21BrN2OS/c1-14(20-22-8-10-25-20)24-18-5-6-19-16(12-18)7-9-23(19)13-15-3-2-4-17(21)11-15/h2-7,9,11-12,14,20,22H,8,10,13H2,1H3. The van der Waals surface area contributed by atoms with Crippen LogP contribution in [0.2, 0.25) is 0 Å². The van der Waals surface area contributed by atoms with Crippen molar-refractivity contribution in [2.45, 2.75) is 24.9 Å². The maximum Gasteiger partial charge on any atom is 0.120 e. The lowest BCUT2D eigenvalue weighted by molar-refractivity contribution is 0.209. The molecule has 3 nitrogen and oxygen atoms in total. The van der Waals surface area contributed by atoms with E-state index >= 15 is 0 Å². The largest absolute Gasteiger partial charge is 0.488 e. The molecule has 130 valence electrons. The van der Waals surface area contributed by atoms with Gasteiger partial charge in [-0.2, -0.15) is 0 Å². The molecular weight excluding hydrogens is 396 g/mol. The van der Waals surface area contributed by atoms with E-state index in [1.165, 1.54) is 16.5 Å². The highest BCUT2D eigenvalue weighted by Crippen LogP contribution is 2.26. The van der Waals surface area contributed by atoms with Gasteiger partial charge in [0.15, 0.2) is 0 Å². The van der Waals surface area contributed by atoms with Gasteiger partial charge < -0.3 is 14.6 Å². The molecular formula is C20H21BrN2OS. The summed E-state index contributed by atoms with van der Waals surface area (Å²) < 4.78 is 9.54. The Hall–Kier alpha value is -1.43. The third kappa shape index (κ3) is 3.89. The molecule has 2 atom stereocenters. The molecule has 2 unspecified atom stereocenters. The molecule has 0 radical (unpaired) electrons. The van der Waals surface area contributed by atoms with Gasteiger partial charge in [0.25, 0.3) is 0 Å². The highest BCUT2D eigenvalue weighted by molar-refractivity contribution is 9.10. The predicted molar refractivity (Wildman–Crippen MR) is 110 cm³/mol. The first-order valence-electron chi connectivity index (χ1n) is 8.54. The van der Waals surface area contributed by atoms with Gasteiger partial charge in [-0.05, 0) is 48.9 Å². The summed E-state index contributed by atoms with van der Waals surface area (Å²) in [4.78, 5) is 0. The van der Waals surface area contributed by atoms with Gasteiger partial charge in [0, 0.05) is 40.4 Å². The number of nitrogens with one attached hydrogen (secondary N) is 1. The fourth-order valence-electron chi connectivity index (χ4n) is 3.25. The third-order valence-electron chi connectivity index (χ3n) is 4.48. The van der Waals surface area contributed by atoms with Gasteiger partial charge in [-0.25, -0.2) is 0 Å². The van der Waals surface area contributed by atoms with E-state index in [1.54, 1.807) is 0 Å². The average Bonchev–Trinajstić information content (AvgIpc) is 3.25. The van der Waals surface area contributed by atoms with Crippen molar-refractivity contribution in [3.8, 4) is 5.75 Å². The minimum atomic E-state index is 0.161. The number of halogens is 1. The molecule has 25 heavy (non-hydrogen) atoms. The molecule has 1 saturated heterocycles. The van der Waals surface area contributed by atoms with Crippen molar-refractivity contribution in [1.82, 2.24) is 9.88 Å². The molecule has 1 aliphatic heterocycles. The molecule has 1 fully saturated rings. The molecule has 0 saturated carbocycles. The van der Waals surface area contributed by atoms with Gasteiger partial charge in [-0.1, -0.05) is 28.1 Å². The molecule has 1 aliphatic rings. The maximum atomic E-state index is 6.15. The molecule has 4 rings (SSSR count). The van der Waals surface area contributed by atoms with Gasteiger partial charge in [-0.15, -0.1) is 11.8 Å². The van der Waals surface area contributed by atoms with Crippen LogP contribution in [0.15, 0.2) is 59.2 Å². The van der Waals surface area contributed by atoms with Crippen LogP contribution in [-0.4, -0.2) is 28.3 Å². The Kier molecular flexibility index (Phi) is 5.06. The van der Waals surface area contributed by atoms with E-state index < -0.39 is 0 Å². The van der Waals surface area contributed by atoms with Gasteiger partial charge in [0.2, 0.25) is 0 Å². The second kappa shape index (κ2) is 7.44. The molecule has 2 aromatic carbocycles. The Balaban J connectivity index is 1.52. The maximum absolute atomic E-state index is 6.15. The van der Waals surface area contributed by atoms with Crippen molar-refractivity contribution < 1.29 is 4.74 Å². The Morgan fingerprint density at radius 2 is 2.20 bits per heavy atom. The van der Waals surface area contributed by atoms with Crippen LogP contribution in [0.1, 0.15) is 12.5 Å². The lowest BCUT2D eigenvalue weighted by Crippen LogP contribution is -2.34. The highest BCUT2D eigenvalue weighted by atomic mass is 79.9. The van der Waals surface area contributed by atoms with E-state index in [0.29, 0.717) is 5.37 Å². The Labute approximate surface area is 160 Å². The van der Waals surface area contributed by atoms with E-state index in [-0.39, 0.29) is 6.10 Å². The normalized spacial score (nSPS) is 18.6. The van der Waals surface area contributed by atoms with Crippen LogP contribution in [0, 0.1) is 0 Å². The summed E-state index contributed by atoms with van der Waals surface area (Å²) in [6.45, 7) is 4.07. The molecule has 2 heterocycles. The summed E-state index contributed by atoms with van der Waals surface area (Å²) in [6, 6.07) is 17.0. The predicted octanol–water partition coefficient (Wildman–Crippen LogP) is 4.88. The Bertz CT molecular complexity index is 873. The van der Waals surface area contributed by atoms with Crippen LogP contribution >= 0.6 is 27.7 Å². The molecule has 0 bridgehead atoms. The number of ether oxygens (including phenoxy) is 1. The summed E-state index contributed by atoms with van der Waals surface area (Å²) >= 11 is 5.48. The summed E-state index contributed by atoms with van der Waals surface area (Å²) in [5.41, 5.74) is 2.51. The molecule has 0 amide bonds. The van der Waals surface area contributed by atoms with E-state index in [2.05, 4.69) is 87.5 Å². The summed E-state index contributed by atoms with van der Waals surface area (Å²) in [5.74, 6) is 2.10. The zero-order chi connectivity index (χ0) is 17.2. The summed E-state index contributed by atoms with van der Waals surface area (Å²) in [5, 5.41) is 5.08. The van der Waals surface area contributed by atoms with Gasteiger partial charge in [0.05, 0.1) is 5.37 Å². The van der Waals surface area contributed by atoms with Crippen LogP contribution in [0.25, 0.3) is 10.9 Å². The van der Waals surface area contributed by atoms with E-state index in [9.17, 15) is 0 Å². The molecule has 0 spiro atoms. The first kappa shape index (κ1) is 17.0. The SMILES string of the molecule is CC(Oc1ccc2c(ccn2Cc2cccc(Br)c2)c1)C1NCCS1. The lowest BCUT2D eigenvalue weighted by atomic mass is 10.2. The number of fused-ring (bicyclic) bond motifs is 1. The zero-order valence-electron chi connectivity index (χ0n) is 14.1. The number of aromatic nitrogens is 1. The van der Waals surface area contributed by atoms with E-state index in [1.807, 2.05) is 11.8 Å². The van der Waals surface area contributed by atoms with Crippen LogP contribution in [0.3, 0.4) is 0 Å². The number of rotatable bonds is 5. The van der Waals surface area contributed by atoms with Crippen LogP contribution in [0.4, 0.5) is 0 Å². The number of hydrogen-bond acceptors (Lipinski definition) is 3. The quantitative estimate of drug-likeness (QED) is 0.641. The Morgan fingerprint density at radius 1 is 1.28 bits per heavy atom. The van der Waals surface area contributed by atoms with Crippen molar-refractivity contribution in [1.29, 1.82) is 0 Å². The smallest absolute Gasteiger partial charge is 0.120 e. The molecule has 0 aliphatic carbocycles. The minimum absolute atomic E-state index is 0.161. The number of thioether (sulfide) groups is 1. The van der Waals surface area contributed by atoms with Crippen molar-refractivity contribution in [3.05, 3.63) is 64.8 Å². The Morgan fingerprint density at radius 3 is 3.00 bits per heavy atom. The van der Waals surface area contributed by atoms with Crippen molar-refractivity contribution in [2.75, 3.05) is 12.3 Å². The third-order valence-corrected chi connectivity index (χ3v) is 6.32. The highest BCUT2D eigenvalue weighted by Gasteiger charge is 2.23. The number of hydrogen-bond donors (Lipinski definition) is 1. The van der Waals surface area contributed by atoms with Crippen molar-refractivity contribution >= 4 is 38.6 Å². The first-order chi connectivity index (χ1) is 12.2. The van der Waals surface area contributed by atoms with E-state index in [4.69, 9.17) is 4.74 Å². The second-order valence-corrected chi connectivity index (χ2v) is 8.53. The second-order valence-electron chi connectivity index (χ2n) is 6.36. The lowest BCUT2D eigenvalue weighted by Gasteiger charge is -2.20. The molecule has 1 aromatic heterocycles. The fraction of sp³-hybridized carbons (Fsp3) is 0.300. The number of benzene rings is 2. The fourth-order valence-corrected chi connectivity index (χ4v) is 4.74. The van der Waals surface area contributed by atoms with Crippen molar-refractivity contribution in [3.63, 3.8) is 0 Å². The zero-order valence-corrected chi connectivity index (χ0v) is 16.5.